The molecule has 0 amide bonds. The van der Waals surface area contributed by atoms with Crippen LogP contribution in [0.2, 0.25) is 0 Å². The molecule has 0 radical (unpaired) electrons. The Hall–Kier alpha value is -3.51. The van der Waals surface area contributed by atoms with E-state index in [2.05, 4.69) is 81.1 Å². The molecule has 0 N–H and O–H groups in total. The lowest BCUT2D eigenvalue weighted by molar-refractivity contribution is 0.195. The van der Waals surface area contributed by atoms with Crippen molar-refractivity contribution >= 4 is 0 Å². The standard InChI is InChI=1S/C25H25N5O/c1-31-23-13-11-19(12-14-23)17-30-25(26-27-28-30)24(21-8-3-2-4-9-21)29-16-15-20-7-5-6-10-22(20)18-29/h2-14,24H,15-18H2,1H3. The van der Waals surface area contributed by atoms with Gasteiger partial charge in [-0.15, -0.1) is 5.10 Å². The Kier molecular flexibility index (Phi) is 5.46. The van der Waals surface area contributed by atoms with E-state index in [1.165, 1.54) is 16.7 Å². The van der Waals surface area contributed by atoms with Crippen LogP contribution in [0.1, 0.15) is 34.1 Å². The molecule has 0 bridgehead atoms. The van der Waals surface area contributed by atoms with Crippen molar-refractivity contribution in [1.82, 2.24) is 25.1 Å². The van der Waals surface area contributed by atoms with Crippen molar-refractivity contribution in [2.45, 2.75) is 25.6 Å². The molecule has 0 fully saturated rings. The van der Waals surface area contributed by atoms with Crippen molar-refractivity contribution in [2.24, 2.45) is 0 Å². The second-order valence-corrected chi connectivity index (χ2v) is 7.85. The third-order valence-corrected chi connectivity index (χ3v) is 5.94. The average molecular weight is 412 g/mol. The van der Waals surface area contributed by atoms with Gasteiger partial charge in [0, 0.05) is 13.1 Å². The molecule has 4 aromatic rings. The first kappa shape index (κ1) is 19.5. The number of ether oxygens (including phenoxy) is 1. The molecule has 1 unspecified atom stereocenters. The maximum absolute atomic E-state index is 5.28. The minimum Gasteiger partial charge on any atom is -0.497 e. The summed E-state index contributed by atoms with van der Waals surface area (Å²) in [6.07, 6.45) is 1.03. The van der Waals surface area contributed by atoms with Crippen LogP contribution in [-0.2, 0) is 19.5 Å². The van der Waals surface area contributed by atoms with Crippen LogP contribution in [0.3, 0.4) is 0 Å². The summed E-state index contributed by atoms with van der Waals surface area (Å²) in [6, 6.07) is 27.3. The quantitative estimate of drug-likeness (QED) is 0.482. The smallest absolute Gasteiger partial charge is 0.173 e. The highest BCUT2D eigenvalue weighted by molar-refractivity contribution is 5.32. The molecule has 31 heavy (non-hydrogen) atoms. The summed E-state index contributed by atoms with van der Waals surface area (Å²) in [5.74, 6) is 1.70. The molecule has 6 nitrogen and oxygen atoms in total. The second kappa shape index (κ2) is 8.70. The molecule has 0 saturated heterocycles. The molecule has 2 heterocycles. The van der Waals surface area contributed by atoms with Gasteiger partial charge in [0.2, 0.25) is 0 Å². The normalized spacial score (nSPS) is 14.7. The summed E-state index contributed by atoms with van der Waals surface area (Å²) >= 11 is 0. The van der Waals surface area contributed by atoms with Gasteiger partial charge in [-0.3, -0.25) is 4.90 Å². The lowest BCUT2D eigenvalue weighted by Crippen LogP contribution is -2.36. The van der Waals surface area contributed by atoms with E-state index in [4.69, 9.17) is 4.74 Å². The van der Waals surface area contributed by atoms with E-state index < -0.39 is 0 Å². The summed E-state index contributed by atoms with van der Waals surface area (Å²) in [6.45, 7) is 2.46. The zero-order valence-corrected chi connectivity index (χ0v) is 17.6. The Morgan fingerprint density at radius 3 is 2.42 bits per heavy atom. The molecule has 5 rings (SSSR count). The molecule has 6 heteroatoms. The summed E-state index contributed by atoms with van der Waals surface area (Å²) in [7, 11) is 1.68. The molecular formula is C25H25N5O. The van der Waals surface area contributed by atoms with E-state index in [1.807, 2.05) is 22.9 Å². The lowest BCUT2D eigenvalue weighted by atomic mass is 9.96. The van der Waals surface area contributed by atoms with Crippen LogP contribution >= 0.6 is 0 Å². The third-order valence-electron chi connectivity index (χ3n) is 5.94. The van der Waals surface area contributed by atoms with Crippen LogP contribution in [-0.4, -0.2) is 38.8 Å². The summed E-state index contributed by atoms with van der Waals surface area (Å²) < 4.78 is 7.20. The predicted molar refractivity (Wildman–Crippen MR) is 119 cm³/mol. The minimum absolute atomic E-state index is 0.0113. The lowest BCUT2D eigenvalue weighted by Gasteiger charge is -2.35. The van der Waals surface area contributed by atoms with Crippen molar-refractivity contribution in [2.75, 3.05) is 13.7 Å². The molecule has 0 saturated carbocycles. The highest BCUT2D eigenvalue weighted by atomic mass is 16.5. The van der Waals surface area contributed by atoms with Crippen LogP contribution in [0.4, 0.5) is 0 Å². The zero-order valence-electron chi connectivity index (χ0n) is 17.6. The first-order chi connectivity index (χ1) is 15.3. The number of benzene rings is 3. The molecule has 156 valence electrons. The Labute approximate surface area is 182 Å². The van der Waals surface area contributed by atoms with Gasteiger partial charge in [-0.1, -0.05) is 66.7 Å². The molecule has 3 aromatic carbocycles. The summed E-state index contributed by atoms with van der Waals surface area (Å²) in [4.78, 5) is 2.48. The van der Waals surface area contributed by atoms with E-state index in [0.717, 1.165) is 36.6 Å². The van der Waals surface area contributed by atoms with Crippen LogP contribution in [0.15, 0.2) is 78.9 Å². The van der Waals surface area contributed by atoms with Gasteiger partial charge < -0.3 is 4.74 Å². The highest BCUT2D eigenvalue weighted by Gasteiger charge is 2.30. The van der Waals surface area contributed by atoms with Gasteiger partial charge in [-0.25, -0.2) is 4.68 Å². The van der Waals surface area contributed by atoms with Crippen molar-refractivity contribution < 1.29 is 4.74 Å². The van der Waals surface area contributed by atoms with E-state index >= 15 is 0 Å². The van der Waals surface area contributed by atoms with Crippen molar-refractivity contribution in [3.8, 4) is 5.75 Å². The molecule has 1 aromatic heterocycles. The number of hydrogen-bond acceptors (Lipinski definition) is 5. The Morgan fingerprint density at radius 1 is 0.903 bits per heavy atom. The van der Waals surface area contributed by atoms with E-state index in [9.17, 15) is 0 Å². The Bertz CT molecular complexity index is 1140. The monoisotopic (exact) mass is 411 g/mol. The fourth-order valence-corrected chi connectivity index (χ4v) is 4.32. The molecular weight excluding hydrogens is 386 g/mol. The SMILES string of the molecule is COc1ccc(Cn2nnnc2C(c2ccccc2)N2CCc3ccccc3C2)cc1. The number of methoxy groups -OCH3 is 1. The third kappa shape index (κ3) is 4.07. The number of nitrogens with zero attached hydrogens (tertiary/aromatic N) is 5. The maximum Gasteiger partial charge on any atom is 0.173 e. The fraction of sp³-hybridized carbons (Fsp3) is 0.240. The predicted octanol–water partition coefficient (Wildman–Crippen LogP) is 3.88. The van der Waals surface area contributed by atoms with Crippen LogP contribution in [0, 0.1) is 0 Å². The van der Waals surface area contributed by atoms with Crippen LogP contribution in [0.5, 0.6) is 5.75 Å². The first-order valence-corrected chi connectivity index (χ1v) is 10.6. The molecule has 0 aliphatic carbocycles. The highest BCUT2D eigenvalue weighted by Crippen LogP contribution is 2.32. The topological polar surface area (TPSA) is 56.1 Å². The zero-order chi connectivity index (χ0) is 21.0. The second-order valence-electron chi connectivity index (χ2n) is 7.85. The van der Waals surface area contributed by atoms with Crippen molar-refractivity contribution in [3.05, 3.63) is 107 Å². The van der Waals surface area contributed by atoms with E-state index in [-0.39, 0.29) is 6.04 Å². The van der Waals surface area contributed by atoms with Gasteiger partial charge in [-0.05, 0) is 51.2 Å². The Morgan fingerprint density at radius 2 is 1.65 bits per heavy atom. The Balaban J connectivity index is 1.49. The van der Waals surface area contributed by atoms with E-state index in [0.29, 0.717) is 6.54 Å². The van der Waals surface area contributed by atoms with Gasteiger partial charge in [0.15, 0.2) is 5.82 Å². The van der Waals surface area contributed by atoms with E-state index in [1.54, 1.807) is 7.11 Å². The maximum atomic E-state index is 5.28. The number of hydrogen-bond donors (Lipinski definition) is 0. The molecule has 1 aliphatic heterocycles. The number of rotatable bonds is 6. The summed E-state index contributed by atoms with van der Waals surface area (Å²) in [5, 5.41) is 12.9. The number of aromatic nitrogens is 4. The molecule has 1 aliphatic rings. The van der Waals surface area contributed by atoms with Gasteiger partial charge in [-0.2, -0.15) is 0 Å². The van der Waals surface area contributed by atoms with Crippen LogP contribution < -0.4 is 4.74 Å². The molecule has 0 spiro atoms. The van der Waals surface area contributed by atoms with Gasteiger partial charge in [0.25, 0.3) is 0 Å². The van der Waals surface area contributed by atoms with Crippen molar-refractivity contribution in [1.29, 1.82) is 0 Å². The fourth-order valence-electron chi connectivity index (χ4n) is 4.32. The van der Waals surface area contributed by atoms with Gasteiger partial charge in [0.1, 0.15) is 5.75 Å². The largest absolute Gasteiger partial charge is 0.497 e. The first-order valence-electron chi connectivity index (χ1n) is 10.6. The van der Waals surface area contributed by atoms with Gasteiger partial charge >= 0.3 is 0 Å². The van der Waals surface area contributed by atoms with Crippen LogP contribution in [0.25, 0.3) is 0 Å². The number of tetrazole rings is 1. The minimum atomic E-state index is -0.0113. The summed E-state index contributed by atoms with van der Waals surface area (Å²) in [5.41, 5.74) is 5.14. The average Bonchev–Trinajstić information content (AvgIpc) is 3.28. The molecule has 1 atom stereocenters. The van der Waals surface area contributed by atoms with Crippen molar-refractivity contribution in [3.63, 3.8) is 0 Å². The number of fused-ring (bicyclic) bond motifs is 1. The van der Waals surface area contributed by atoms with Gasteiger partial charge in [0.05, 0.1) is 19.7 Å².